The number of alkyl halides is 3. The maximum absolute atomic E-state index is 11.5. The Morgan fingerprint density at radius 1 is 1.54 bits per heavy atom. The van der Waals surface area contributed by atoms with Gasteiger partial charge in [-0.3, -0.25) is 0 Å². The number of hydrogen-bond acceptors (Lipinski definition) is 3. The monoisotopic (exact) mass is 216 g/mol. The highest BCUT2D eigenvalue weighted by atomic mass is 32.2. The van der Waals surface area contributed by atoms with Crippen molar-refractivity contribution in [2.45, 2.75) is 18.3 Å². The normalized spacial score (nSPS) is 15.0. The molecule has 0 fully saturated rings. The van der Waals surface area contributed by atoms with Gasteiger partial charge < -0.3 is 0 Å². The van der Waals surface area contributed by atoms with Crippen LogP contribution in [0.2, 0.25) is 0 Å². The van der Waals surface area contributed by atoms with Crippen molar-refractivity contribution in [2.24, 2.45) is 0 Å². The van der Waals surface area contributed by atoms with Crippen molar-refractivity contribution in [3.05, 3.63) is 0 Å². The first-order chi connectivity index (χ1) is 5.69. The van der Waals surface area contributed by atoms with E-state index < -0.39 is 28.0 Å². The van der Waals surface area contributed by atoms with Gasteiger partial charge in [-0.05, 0) is 6.92 Å². The average molecular weight is 216 g/mol. The third kappa shape index (κ3) is 4.69. The van der Waals surface area contributed by atoms with Gasteiger partial charge >= 0.3 is 6.18 Å². The van der Waals surface area contributed by atoms with E-state index in [1.807, 2.05) is 0 Å². The first-order valence-electron chi connectivity index (χ1n) is 3.14. The van der Waals surface area contributed by atoms with Crippen molar-refractivity contribution >= 4 is 10.0 Å². The zero-order chi connectivity index (χ0) is 10.7. The van der Waals surface area contributed by atoms with Crippen LogP contribution in [0.25, 0.3) is 0 Å². The number of nitrogens with zero attached hydrogens (tertiary/aromatic N) is 1. The van der Waals surface area contributed by atoms with Crippen molar-refractivity contribution in [3.8, 4) is 6.07 Å². The summed E-state index contributed by atoms with van der Waals surface area (Å²) in [7, 11) is -4.17. The van der Waals surface area contributed by atoms with E-state index in [0.717, 1.165) is 6.92 Å². The molecule has 13 heavy (non-hydrogen) atoms. The molecule has 0 bridgehead atoms. The summed E-state index contributed by atoms with van der Waals surface area (Å²) >= 11 is 0. The fraction of sp³-hybridized carbons (Fsp3) is 0.800. The van der Waals surface area contributed by atoms with E-state index in [4.69, 9.17) is 5.26 Å². The molecule has 0 aromatic carbocycles. The van der Waals surface area contributed by atoms with E-state index >= 15 is 0 Å². The molecule has 0 spiro atoms. The van der Waals surface area contributed by atoms with Gasteiger partial charge in [-0.2, -0.15) is 18.4 Å². The molecule has 0 aliphatic heterocycles. The zero-order valence-corrected chi connectivity index (χ0v) is 7.41. The Balaban J connectivity index is 4.32. The first kappa shape index (κ1) is 12.2. The van der Waals surface area contributed by atoms with Crippen molar-refractivity contribution in [1.82, 2.24) is 4.72 Å². The Hall–Kier alpha value is -0.810. The van der Waals surface area contributed by atoms with Gasteiger partial charge in [-0.25, -0.2) is 13.1 Å². The highest BCUT2D eigenvalue weighted by molar-refractivity contribution is 7.90. The van der Waals surface area contributed by atoms with Crippen LogP contribution in [0.4, 0.5) is 13.2 Å². The number of halogens is 3. The minimum atomic E-state index is -4.61. The number of nitrogens with one attached hydrogen (secondary N) is 1. The number of sulfonamides is 1. The molecule has 0 aromatic heterocycles. The van der Waals surface area contributed by atoms with Gasteiger partial charge in [-0.1, -0.05) is 0 Å². The van der Waals surface area contributed by atoms with Crippen LogP contribution in [0.1, 0.15) is 6.92 Å². The summed E-state index contributed by atoms with van der Waals surface area (Å²) in [5.74, 6) is 0. The lowest BCUT2D eigenvalue weighted by atomic mass is 10.5. The Morgan fingerprint density at radius 2 is 2.00 bits per heavy atom. The van der Waals surface area contributed by atoms with Crippen LogP contribution in [0.5, 0.6) is 0 Å². The fourth-order valence-corrected chi connectivity index (χ4v) is 1.13. The summed E-state index contributed by atoms with van der Waals surface area (Å²) in [5, 5.41) is 6.66. The van der Waals surface area contributed by atoms with Crippen LogP contribution >= 0.6 is 0 Å². The third-order valence-corrected chi connectivity index (χ3v) is 2.70. The molecule has 0 saturated carbocycles. The minimum Gasteiger partial charge on any atom is -0.211 e. The SMILES string of the molecule is CC(C#N)S(=O)(=O)NCC(F)(F)F. The van der Waals surface area contributed by atoms with Crippen LogP contribution in [0, 0.1) is 11.3 Å². The molecule has 76 valence electrons. The van der Waals surface area contributed by atoms with Crippen LogP contribution in [0.15, 0.2) is 0 Å². The molecule has 0 saturated heterocycles. The molecule has 0 heterocycles. The highest BCUT2D eigenvalue weighted by Crippen LogP contribution is 2.13. The summed E-state index contributed by atoms with van der Waals surface area (Å²) < 4.78 is 57.5. The molecular weight excluding hydrogens is 209 g/mol. The molecule has 1 unspecified atom stereocenters. The van der Waals surface area contributed by atoms with E-state index in [2.05, 4.69) is 0 Å². The number of hydrogen-bond donors (Lipinski definition) is 1. The summed E-state index contributed by atoms with van der Waals surface area (Å²) in [5.41, 5.74) is 0. The molecule has 0 aliphatic rings. The molecule has 0 aromatic rings. The summed E-state index contributed by atoms with van der Waals surface area (Å²) in [6, 6.07) is 1.32. The highest BCUT2D eigenvalue weighted by Gasteiger charge is 2.31. The fourth-order valence-electron chi connectivity index (χ4n) is 0.377. The van der Waals surface area contributed by atoms with Gasteiger partial charge in [0.05, 0.1) is 6.07 Å². The van der Waals surface area contributed by atoms with Gasteiger partial charge in [0.25, 0.3) is 0 Å². The predicted octanol–water partition coefficient (Wildman–Crippen LogP) is 0.380. The van der Waals surface area contributed by atoms with Crippen molar-refractivity contribution in [2.75, 3.05) is 6.54 Å². The van der Waals surface area contributed by atoms with E-state index in [0.29, 0.717) is 0 Å². The maximum Gasteiger partial charge on any atom is 0.402 e. The molecular formula is C5H7F3N2O2S. The second-order valence-corrected chi connectivity index (χ2v) is 4.34. The van der Waals surface area contributed by atoms with Crippen LogP contribution in [-0.2, 0) is 10.0 Å². The Kier molecular flexibility index (Phi) is 3.69. The third-order valence-electron chi connectivity index (χ3n) is 1.12. The zero-order valence-electron chi connectivity index (χ0n) is 6.59. The molecule has 1 N–H and O–H groups in total. The van der Waals surface area contributed by atoms with Gasteiger partial charge in [0.2, 0.25) is 10.0 Å². The molecule has 1 atom stereocenters. The van der Waals surface area contributed by atoms with Gasteiger partial charge in [0.15, 0.2) is 5.25 Å². The molecule has 0 amide bonds. The molecule has 0 radical (unpaired) electrons. The van der Waals surface area contributed by atoms with Crippen LogP contribution in [0.3, 0.4) is 0 Å². The van der Waals surface area contributed by atoms with E-state index in [9.17, 15) is 21.6 Å². The van der Waals surface area contributed by atoms with Crippen LogP contribution < -0.4 is 4.72 Å². The first-order valence-corrected chi connectivity index (χ1v) is 4.68. The Labute approximate surface area is 73.4 Å². The van der Waals surface area contributed by atoms with Gasteiger partial charge in [0, 0.05) is 0 Å². The van der Waals surface area contributed by atoms with Gasteiger partial charge in [0.1, 0.15) is 6.54 Å². The van der Waals surface area contributed by atoms with E-state index in [-0.39, 0.29) is 0 Å². The summed E-state index contributed by atoms with van der Waals surface area (Å²) in [6.45, 7) is -0.653. The van der Waals surface area contributed by atoms with Crippen molar-refractivity contribution in [3.63, 3.8) is 0 Å². The maximum atomic E-state index is 11.5. The Bertz CT molecular complexity index is 303. The molecule has 0 aliphatic carbocycles. The predicted molar refractivity (Wildman–Crippen MR) is 38.1 cm³/mol. The average Bonchev–Trinajstić information content (AvgIpc) is 1.98. The van der Waals surface area contributed by atoms with Crippen molar-refractivity contribution in [1.29, 1.82) is 5.26 Å². The van der Waals surface area contributed by atoms with E-state index in [1.165, 1.54) is 10.8 Å². The molecule has 8 heteroatoms. The van der Waals surface area contributed by atoms with Crippen molar-refractivity contribution < 1.29 is 21.6 Å². The molecule has 4 nitrogen and oxygen atoms in total. The number of nitriles is 1. The Morgan fingerprint density at radius 3 is 2.31 bits per heavy atom. The van der Waals surface area contributed by atoms with E-state index in [1.54, 1.807) is 0 Å². The quantitative estimate of drug-likeness (QED) is 0.741. The topological polar surface area (TPSA) is 70.0 Å². The second kappa shape index (κ2) is 3.93. The minimum absolute atomic E-state index is 0.999. The lowest BCUT2D eigenvalue weighted by Crippen LogP contribution is -2.38. The summed E-state index contributed by atoms with van der Waals surface area (Å²) in [4.78, 5) is 0. The number of rotatable bonds is 3. The lowest BCUT2D eigenvalue weighted by molar-refractivity contribution is -0.121. The largest absolute Gasteiger partial charge is 0.402 e. The molecule has 0 rings (SSSR count). The standard InChI is InChI=1S/C5H7F3N2O2S/c1-4(2-9)13(11,12)10-3-5(6,7)8/h4,10H,3H2,1H3. The second-order valence-electron chi connectivity index (χ2n) is 2.25. The smallest absolute Gasteiger partial charge is 0.211 e. The van der Waals surface area contributed by atoms with Gasteiger partial charge in [-0.15, -0.1) is 0 Å². The lowest BCUT2D eigenvalue weighted by Gasteiger charge is -2.09. The summed E-state index contributed by atoms with van der Waals surface area (Å²) in [6.07, 6.45) is -4.61. The van der Waals surface area contributed by atoms with Crippen LogP contribution in [-0.4, -0.2) is 26.4 Å².